The fraction of sp³-hybridized carbons (Fsp3) is 0.500. The molecule has 2 nitrogen and oxygen atoms in total. The SMILES string of the molecule is CCOCC(C)(N)Cc1c(F)cccc1F. The summed E-state index contributed by atoms with van der Waals surface area (Å²) in [7, 11) is 0. The third-order valence-electron chi connectivity index (χ3n) is 2.28. The van der Waals surface area contributed by atoms with Crippen molar-refractivity contribution in [3.8, 4) is 0 Å². The maximum atomic E-state index is 13.4. The lowest BCUT2D eigenvalue weighted by molar-refractivity contribution is 0.101. The lowest BCUT2D eigenvalue weighted by atomic mass is 9.94. The van der Waals surface area contributed by atoms with Crippen LogP contribution in [0.15, 0.2) is 18.2 Å². The molecule has 1 aromatic carbocycles. The van der Waals surface area contributed by atoms with Crippen LogP contribution in [-0.2, 0) is 11.2 Å². The Morgan fingerprint density at radius 1 is 1.31 bits per heavy atom. The van der Waals surface area contributed by atoms with Crippen molar-refractivity contribution in [2.45, 2.75) is 25.8 Å². The van der Waals surface area contributed by atoms with E-state index in [4.69, 9.17) is 10.5 Å². The van der Waals surface area contributed by atoms with Gasteiger partial charge in [0.1, 0.15) is 11.6 Å². The van der Waals surface area contributed by atoms with Crippen LogP contribution in [0.2, 0.25) is 0 Å². The molecule has 4 heteroatoms. The van der Waals surface area contributed by atoms with Crippen molar-refractivity contribution in [1.29, 1.82) is 0 Å². The lowest BCUT2D eigenvalue weighted by Gasteiger charge is -2.24. The Hall–Kier alpha value is -1.00. The summed E-state index contributed by atoms with van der Waals surface area (Å²) in [6, 6.07) is 3.80. The summed E-state index contributed by atoms with van der Waals surface area (Å²) in [5.74, 6) is -1.12. The van der Waals surface area contributed by atoms with Crippen LogP contribution in [0, 0.1) is 11.6 Å². The van der Waals surface area contributed by atoms with Gasteiger partial charge in [-0.05, 0) is 32.4 Å². The van der Waals surface area contributed by atoms with Gasteiger partial charge in [-0.3, -0.25) is 0 Å². The van der Waals surface area contributed by atoms with Crippen LogP contribution in [0.3, 0.4) is 0 Å². The van der Waals surface area contributed by atoms with Crippen LogP contribution < -0.4 is 5.73 Å². The molecule has 0 amide bonds. The van der Waals surface area contributed by atoms with E-state index >= 15 is 0 Å². The molecule has 0 bridgehead atoms. The zero-order valence-corrected chi connectivity index (χ0v) is 9.59. The van der Waals surface area contributed by atoms with E-state index in [1.807, 2.05) is 6.92 Å². The second-order valence-corrected chi connectivity index (χ2v) is 4.17. The second-order valence-electron chi connectivity index (χ2n) is 4.17. The molecule has 0 fully saturated rings. The Bertz CT molecular complexity index is 333. The van der Waals surface area contributed by atoms with Crippen molar-refractivity contribution < 1.29 is 13.5 Å². The largest absolute Gasteiger partial charge is 0.380 e. The number of hydrogen-bond donors (Lipinski definition) is 1. The minimum absolute atomic E-state index is 0.0206. The predicted molar refractivity (Wildman–Crippen MR) is 59.1 cm³/mol. The molecule has 90 valence electrons. The smallest absolute Gasteiger partial charge is 0.129 e. The predicted octanol–water partition coefficient (Wildman–Crippen LogP) is 2.26. The zero-order chi connectivity index (χ0) is 12.2. The first-order chi connectivity index (χ1) is 7.46. The van der Waals surface area contributed by atoms with Gasteiger partial charge in [0, 0.05) is 17.7 Å². The normalized spacial score (nSPS) is 14.8. The van der Waals surface area contributed by atoms with E-state index in [-0.39, 0.29) is 18.6 Å². The molecule has 0 radical (unpaired) electrons. The molecule has 0 aromatic heterocycles. The highest BCUT2D eigenvalue weighted by Gasteiger charge is 2.23. The average Bonchev–Trinajstić information content (AvgIpc) is 2.21. The fourth-order valence-corrected chi connectivity index (χ4v) is 1.49. The van der Waals surface area contributed by atoms with E-state index in [1.165, 1.54) is 18.2 Å². The summed E-state index contributed by atoms with van der Waals surface area (Å²) in [4.78, 5) is 0. The third kappa shape index (κ3) is 3.54. The average molecular weight is 229 g/mol. The summed E-state index contributed by atoms with van der Waals surface area (Å²) < 4.78 is 31.9. The Balaban J connectivity index is 2.79. The highest BCUT2D eigenvalue weighted by molar-refractivity contribution is 5.21. The number of rotatable bonds is 5. The van der Waals surface area contributed by atoms with Crippen molar-refractivity contribution >= 4 is 0 Å². The summed E-state index contributed by atoms with van der Waals surface area (Å²) >= 11 is 0. The molecule has 0 saturated heterocycles. The Morgan fingerprint density at radius 2 is 1.88 bits per heavy atom. The van der Waals surface area contributed by atoms with Gasteiger partial charge in [-0.2, -0.15) is 0 Å². The first-order valence-electron chi connectivity index (χ1n) is 5.26. The van der Waals surface area contributed by atoms with Crippen LogP contribution in [0.5, 0.6) is 0 Å². The van der Waals surface area contributed by atoms with Gasteiger partial charge in [0.05, 0.1) is 6.61 Å². The lowest BCUT2D eigenvalue weighted by Crippen LogP contribution is -2.44. The van der Waals surface area contributed by atoms with E-state index in [0.29, 0.717) is 6.61 Å². The van der Waals surface area contributed by atoms with Gasteiger partial charge in [0.25, 0.3) is 0 Å². The van der Waals surface area contributed by atoms with Crippen molar-refractivity contribution in [3.05, 3.63) is 35.4 Å². The van der Waals surface area contributed by atoms with Gasteiger partial charge in [0.15, 0.2) is 0 Å². The van der Waals surface area contributed by atoms with E-state index < -0.39 is 17.2 Å². The molecule has 16 heavy (non-hydrogen) atoms. The van der Waals surface area contributed by atoms with E-state index in [1.54, 1.807) is 6.92 Å². The van der Waals surface area contributed by atoms with E-state index in [2.05, 4.69) is 0 Å². The summed E-state index contributed by atoms with van der Waals surface area (Å²) in [6.07, 6.45) is 0.117. The fourth-order valence-electron chi connectivity index (χ4n) is 1.49. The van der Waals surface area contributed by atoms with Gasteiger partial charge in [-0.1, -0.05) is 6.07 Å². The quantitative estimate of drug-likeness (QED) is 0.840. The third-order valence-corrected chi connectivity index (χ3v) is 2.28. The Labute approximate surface area is 94.4 Å². The molecule has 2 N–H and O–H groups in total. The summed E-state index contributed by atoms with van der Waals surface area (Å²) in [6.45, 7) is 4.37. The highest BCUT2D eigenvalue weighted by atomic mass is 19.1. The summed E-state index contributed by atoms with van der Waals surface area (Å²) in [5.41, 5.74) is 5.17. The first kappa shape index (κ1) is 13.1. The summed E-state index contributed by atoms with van der Waals surface area (Å²) in [5, 5.41) is 0. The molecule has 0 saturated carbocycles. The van der Waals surface area contributed by atoms with Crippen LogP contribution in [0.25, 0.3) is 0 Å². The Morgan fingerprint density at radius 3 is 2.38 bits per heavy atom. The second kappa shape index (κ2) is 5.37. The van der Waals surface area contributed by atoms with Crippen LogP contribution >= 0.6 is 0 Å². The zero-order valence-electron chi connectivity index (χ0n) is 9.59. The van der Waals surface area contributed by atoms with Crippen molar-refractivity contribution in [3.63, 3.8) is 0 Å². The maximum Gasteiger partial charge on any atom is 0.129 e. The number of benzene rings is 1. The number of nitrogens with two attached hydrogens (primary N) is 1. The van der Waals surface area contributed by atoms with Gasteiger partial charge >= 0.3 is 0 Å². The standard InChI is InChI=1S/C12H17F2NO/c1-3-16-8-12(2,15)7-9-10(13)5-4-6-11(9)14/h4-6H,3,7-8,15H2,1-2H3. The molecular formula is C12H17F2NO. The Kier molecular flexibility index (Phi) is 4.38. The number of hydrogen-bond acceptors (Lipinski definition) is 2. The molecule has 1 atom stereocenters. The van der Waals surface area contributed by atoms with Crippen molar-refractivity contribution in [1.82, 2.24) is 0 Å². The molecule has 1 rings (SSSR count). The monoisotopic (exact) mass is 229 g/mol. The molecule has 1 aromatic rings. The number of halogens is 2. The minimum Gasteiger partial charge on any atom is -0.380 e. The van der Waals surface area contributed by atoms with Crippen LogP contribution in [-0.4, -0.2) is 18.8 Å². The van der Waals surface area contributed by atoms with E-state index in [9.17, 15) is 8.78 Å². The van der Waals surface area contributed by atoms with Crippen LogP contribution in [0.4, 0.5) is 8.78 Å². The number of ether oxygens (including phenoxy) is 1. The van der Waals surface area contributed by atoms with Crippen molar-refractivity contribution in [2.24, 2.45) is 5.73 Å². The molecule has 0 aliphatic rings. The highest BCUT2D eigenvalue weighted by Crippen LogP contribution is 2.18. The minimum atomic E-state index is -0.765. The van der Waals surface area contributed by atoms with Gasteiger partial charge < -0.3 is 10.5 Å². The first-order valence-corrected chi connectivity index (χ1v) is 5.26. The molecule has 0 aliphatic carbocycles. The van der Waals surface area contributed by atoms with Crippen molar-refractivity contribution in [2.75, 3.05) is 13.2 Å². The molecule has 0 spiro atoms. The van der Waals surface area contributed by atoms with Gasteiger partial charge in [0.2, 0.25) is 0 Å². The molecular weight excluding hydrogens is 212 g/mol. The molecule has 1 unspecified atom stereocenters. The van der Waals surface area contributed by atoms with Crippen LogP contribution in [0.1, 0.15) is 19.4 Å². The molecule has 0 heterocycles. The van der Waals surface area contributed by atoms with Gasteiger partial charge in [-0.15, -0.1) is 0 Å². The molecule has 0 aliphatic heterocycles. The topological polar surface area (TPSA) is 35.2 Å². The van der Waals surface area contributed by atoms with E-state index in [0.717, 1.165) is 0 Å². The maximum absolute atomic E-state index is 13.4. The van der Waals surface area contributed by atoms with Gasteiger partial charge in [-0.25, -0.2) is 8.78 Å².